The third-order valence-electron chi connectivity index (χ3n) is 11.9. The number of phenolic OH excluding ortho intramolecular Hbond substituents is 1. The minimum atomic E-state index is -0.831. The van der Waals surface area contributed by atoms with E-state index >= 15 is 0 Å². The zero-order valence-corrected chi connectivity index (χ0v) is 21.7. The topological polar surface area (TPSA) is 62.2 Å². The van der Waals surface area contributed by atoms with E-state index in [1.54, 1.807) is 25.3 Å². The summed E-state index contributed by atoms with van der Waals surface area (Å²) in [4.78, 5) is 2.77. The Balaban J connectivity index is 1.35. The van der Waals surface area contributed by atoms with Crippen LogP contribution in [0.1, 0.15) is 68.2 Å². The summed E-state index contributed by atoms with van der Waals surface area (Å²) in [6, 6.07) is 10.6. The molecule has 2 aliphatic heterocycles. The van der Waals surface area contributed by atoms with E-state index in [2.05, 4.69) is 17.9 Å². The van der Waals surface area contributed by atoms with Gasteiger partial charge in [0.15, 0.2) is 11.5 Å². The van der Waals surface area contributed by atoms with Crippen LogP contribution >= 0.6 is 0 Å². The summed E-state index contributed by atoms with van der Waals surface area (Å²) in [6.45, 7) is 4.36. The quantitative estimate of drug-likeness (QED) is 0.607. The summed E-state index contributed by atoms with van der Waals surface area (Å²) >= 11 is 0. The van der Waals surface area contributed by atoms with Crippen LogP contribution in [0.15, 0.2) is 36.4 Å². The van der Waals surface area contributed by atoms with Crippen molar-refractivity contribution < 1.29 is 24.1 Å². The SMILES string of the molecule is CO[C@]12CCC3(CC1(C)[C@H](O)c1ccc(F)cc1)C1Cc4ccc(O)c5c4[C@@]3(CCN1CC1CC1)[C@@H]2O5. The second kappa shape index (κ2) is 7.08. The maximum Gasteiger partial charge on any atom is 0.165 e. The predicted molar refractivity (Wildman–Crippen MR) is 136 cm³/mol. The van der Waals surface area contributed by atoms with Gasteiger partial charge in [0.05, 0.1) is 6.10 Å². The van der Waals surface area contributed by atoms with Crippen LogP contribution in [-0.2, 0) is 16.6 Å². The number of benzene rings is 2. The fourth-order valence-corrected chi connectivity index (χ4v) is 10.2. The van der Waals surface area contributed by atoms with Crippen molar-refractivity contribution in [2.45, 2.75) is 81.1 Å². The Morgan fingerprint density at radius 3 is 2.65 bits per heavy atom. The molecule has 2 aromatic rings. The summed E-state index contributed by atoms with van der Waals surface area (Å²) in [5.74, 6) is 1.35. The fraction of sp³-hybridized carbons (Fsp3) is 0.613. The average Bonchev–Trinajstić information content (AvgIpc) is 3.64. The van der Waals surface area contributed by atoms with Crippen molar-refractivity contribution in [3.63, 3.8) is 0 Å². The van der Waals surface area contributed by atoms with Crippen LogP contribution in [0.4, 0.5) is 4.39 Å². The lowest BCUT2D eigenvalue weighted by Crippen LogP contribution is -2.83. The molecular formula is C31H36FNO4. The number of nitrogens with zero attached hydrogens (tertiary/aromatic N) is 1. The van der Waals surface area contributed by atoms with Crippen molar-refractivity contribution in [2.24, 2.45) is 16.7 Å². The zero-order valence-electron chi connectivity index (χ0n) is 21.7. The van der Waals surface area contributed by atoms with E-state index in [4.69, 9.17) is 9.47 Å². The van der Waals surface area contributed by atoms with Gasteiger partial charge < -0.3 is 19.7 Å². The summed E-state index contributed by atoms with van der Waals surface area (Å²) in [7, 11) is 1.76. The normalized spacial score (nSPS) is 41.8. The van der Waals surface area contributed by atoms with Crippen LogP contribution in [0.25, 0.3) is 0 Å². The number of phenols is 1. The maximum atomic E-state index is 13.8. The van der Waals surface area contributed by atoms with Gasteiger partial charge in [-0.2, -0.15) is 0 Å². The highest BCUT2D eigenvalue weighted by molar-refractivity contribution is 5.63. The van der Waals surface area contributed by atoms with Crippen molar-refractivity contribution in [1.29, 1.82) is 0 Å². The molecule has 196 valence electrons. The van der Waals surface area contributed by atoms with E-state index in [-0.39, 0.29) is 28.5 Å². The van der Waals surface area contributed by atoms with Gasteiger partial charge in [0.1, 0.15) is 17.5 Å². The smallest absolute Gasteiger partial charge is 0.165 e. The fourth-order valence-electron chi connectivity index (χ4n) is 10.2. The lowest BCUT2D eigenvalue weighted by atomic mass is 9.31. The van der Waals surface area contributed by atoms with Crippen LogP contribution in [0, 0.1) is 22.6 Å². The van der Waals surface area contributed by atoms with E-state index in [1.807, 2.05) is 0 Å². The first-order chi connectivity index (χ1) is 17.8. The molecule has 5 aliphatic carbocycles. The standard InChI is InChI=1S/C31H36FNO4/c1-28(26(35)19-5-8-21(32)9-6-19)17-29-11-12-31(28,36-2)27-30(29)13-14-33(16-18-3-4-18)23(29)15-20-7-10-22(34)25(37-27)24(20)30/h5-10,18,23,26-27,34-35H,3-4,11-17H2,1-2H3/t23?,26-,27+,28?,29?,30+,31+/m1/s1. The third kappa shape index (κ3) is 2.47. The van der Waals surface area contributed by atoms with Gasteiger partial charge in [-0.25, -0.2) is 4.39 Å². The summed E-state index contributed by atoms with van der Waals surface area (Å²) in [5, 5.41) is 23.1. The number of hydrogen-bond acceptors (Lipinski definition) is 5. The Morgan fingerprint density at radius 2 is 1.92 bits per heavy atom. The number of fused-ring (bicyclic) bond motifs is 2. The molecule has 0 aromatic heterocycles. The first kappa shape index (κ1) is 22.8. The van der Waals surface area contributed by atoms with Crippen molar-refractivity contribution in [2.75, 3.05) is 20.2 Å². The van der Waals surface area contributed by atoms with Gasteiger partial charge in [0.25, 0.3) is 0 Å². The van der Waals surface area contributed by atoms with Gasteiger partial charge in [0.2, 0.25) is 0 Å². The summed E-state index contributed by atoms with van der Waals surface area (Å²) in [6.07, 6.45) is 6.10. The number of aliphatic hydroxyl groups excluding tert-OH is 1. The molecular weight excluding hydrogens is 469 g/mol. The number of aromatic hydroxyl groups is 1. The molecule has 2 aromatic carbocycles. The highest BCUT2D eigenvalue weighted by Crippen LogP contribution is 2.80. The number of ether oxygens (including phenoxy) is 2. The first-order valence-corrected chi connectivity index (χ1v) is 14.0. The maximum absolute atomic E-state index is 13.8. The van der Waals surface area contributed by atoms with Gasteiger partial charge in [0, 0.05) is 41.5 Å². The van der Waals surface area contributed by atoms with E-state index in [0.717, 1.165) is 51.1 Å². The number of halogens is 1. The minimum Gasteiger partial charge on any atom is -0.504 e. The highest BCUT2D eigenvalue weighted by atomic mass is 19.1. The molecule has 7 aliphatic rings. The minimum absolute atomic E-state index is 0.0904. The second-order valence-electron chi connectivity index (χ2n) is 13.1. The first-order valence-electron chi connectivity index (χ1n) is 14.0. The van der Waals surface area contributed by atoms with Gasteiger partial charge in [-0.1, -0.05) is 25.1 Å². The predicted octanol–water partition coefficient (Wildman–Crippen LogP) is 4.88. The largest absolute Gasteiger partial charge is 0.504 e. The molecule has 2 spiro atoms. The van der Waals surface area contributed by atoms with E-state index in [9.17, 15) is 14.6 Å². The molecule has 0 radical (unpaired) electrons. The average molecular weight is 506 g/mol. The van der Waals surface area contributed by atoms with E-state index < -0.39 is 17.1 Å². The number of likely N-dealkylation sites (tertiary alicyclic amines) is 1. The molecule has 1 saturated heterocycles. The molecule has 4 bridgehead atoms. The molecule has 6 heteroatoms. The van der Waals surface area contributed by atoms with Crippen molar-refractivity contribution in [3.05, 3.63) is 58.9 Å². The highest BCUT2D eigenvalue weighted by Gasteiger charge is 2.84. The Bertz CT molecular complexity index is 1290. The van der Waals surface area contributed by atoms with Gasteiger partial charge in [-0.3, -0.25) is 4.90 Å². The molecule has 3 unspecified atom stereocenters. The molecule has 4 saturated carbocycles. The van der Waals surface area contributed by atoms with Crippen molar-refractivity contribution >= 4 is 0 Å². The van der Waals surface area contributed by atoms with Crippen molar-refractivity contribution in [3.8, 4) is 11.5 Å². The van der Waals surface area contributed by atoms with E-state index in [1.165, 1.54) is 36.1 Å². The number of piperidine rings is 1. The van der Waals surface area contributed by atoms with Crippen LogP contribution in [0.5, 0.6) is 11.5 Å². The molecule has 5 nitrogen and oxygen atoms in total. The lowest BCUT2D eigenvalue weighted by molar-refractivity contribution is -0.324. The number of methoxy groups -OCH3 is 1. The monoisotopic (exact) mass is 505 g/mol. The van der Waals surface area contributed by atoms with Crippen LogP contribution < -0.4 is 4.74 Å². The summed E-state index contributed by atoms with van der Waals surface area (Å²) in [5.41, 5.74) is 1.52. The Kier molecular flexibility index (Phi) is 4.36. The van der Waals surface area contributed by atoms with Crippen LogP contribution in [0.2, 0.25) is 0 Å². The molecule has 5 fully saturated rings. The molecule has 9 rings (SSSR count). The third-order valence-corrected chi connectivity index (χ3v) is 11.9. The zero-order chi connectivity index (χ0) is 25.4. The lowest BCUT2D eigenvalue weighted by Gasteiger charge is -2.76. The Morgan fingerprint density at radius 1 is 1.14 bits per heavy atom. The van der Waals surface area contributed by atoms with E-state index in [0.29, 0.717) is 17.4 Å². The number of rotatable bonds is 5. The Labute approximate surface area is 217 Å². The van der Waals surface area contributed by atoms with Crippen LogP contribution in [-0.4, -0.2) is 53.1 Å². The number of aliphatic hydroxyl groups is 1. The van der Waals surface area contributed by atoms with Gasteiger partial charge >= 0.3 is 0 Å². The number of hydrogen-bond donors (Lipinski definition) is 2. The molecule has 2 heterocycles. The van der Waals surface area contributed by atoms with Gasteiger partial charge in [-0.05, 0) is 86.7 Å². The summed E-state index contributed by atoms with van der Waals surface area (Å²) < 4.78 is 27.3. The molecule has 2 N–H and O–H groups in total. The second-order valence-corrected chi connectivity index (χ2v) is 13.1. The molecule has 37 heavy (non-hydrogen) atoms. The Hall–Kier alpha value is -2.15. The van der Waals surface area contributed by atoms with Crippen LogP contribution in [0.3, 0.4) is 0 Å². The molecule has 0 amide bonds. The van der Waals surface area contributed by atoms with Crippen molar-refractivity contribution in [1.82, 2.24) is 4.90 Å². The molecule has 7 atom stereocenters. The van der Waals surface area contributed by atoms with Gasteiger partial charge in [-0.15, -0.1) is 0 Å².